The summed E-state index contributed by atoms with van der Waals surface area (Å²) < 4.78 is 6.06. The summed E-state index contributed by atoms with van der Waals surface area (Å²) in [6.07, 6.45) is 0. The SMILES string of the molecule is Cc1nc2ccc(-c3cc(C(=O)O)no3)cc2s1. The molecule has 3 rings (SSSR count). The van der Waals surface area contributed by atoms with Crippen LogP contribution < -0.4 is 0 Å². The van der Waals surface area contributed by atoms with Crippen LogP contribution in [0.3, 0.4) is 0 Å². The molecule has 2 heterocycles. The molecule has 0 amide bonds. The first-order chi connectivity index (χ1) is 8.63. The minimum absolute atomic E-state index is 0.0921. The Kier molecular flexibility index (Phi) is 2.38. The van der Waals surface area contributed by atoms with Crippen molar-refractivity contribution >= 4 is 27.5 Å². The fourth-order valence-corrected chi connectivity index (χ4v) is 2.57. The quantitative estimate of drug-likeness (QED) is 0.766. The van der Waals surface area contributed by atoms with Crippen LogP contribution in [0.15, 0.2) is 28.8 Å². The second-order valence-corrected chi connectivity index (χ2v) is 5.03. The van der Waals surface area contributed by atoms with Gasteiger partial charge in [-0.05, 0) is 25.1 Å². The third-order valence-electron chi connectivity index (χ3n) is 2.51. The average molecular weight is 260 g/mol. The van der Waals surface area contributed by atoms with Gasteiger partial charge in [-0.1, -0.05) is 5.16 Å². The van der Waals surface area contributed by atoms with Gasteiger partial charge in [-0.15, -0.1) is 11.3 Å². The average Bonchev–Trinajstić information content (AvgIpc) is 2.91. The van der Waals surface area contributed by atoms with Gasteiger partial charge in [0.15, 0.2) is 11.5 Å². The molecule has 0 aliphatic rings. The summed E-state index contributed by atoms with van der Waals surface area (Å²) in [5.74, 6) is -0.653. The number of nitrogens with zero attached hydrogens (tertiary/aromatic N) is 2. The van der Waals surface area contributed by atoms with E-state index < -0.39 is 5.97 Å². The number of hydrogen-bond donors (Lipinski definition) is 1. The number of aromatic nitrogens is 2. The molecule has 0 saturated heterocycles. The van der Waals surface area contributed by atoms with E-state index in [0.29, 0.717) is 5.76 Å². The normalized spacial score (nSPS) is 10.9. The van der Waals surface area contributed by atoms with Crippen LogP contribution in [0.4, 0.5) is 0 Å². The highest BCUT2D eigenvalue weighted by atomic mass is 32.1. The summed E-state index contributed by atoms with van der Waals surface area (Å²) in [6.45, 7) is 1.95. The zero-order valence-corrected chi connectivity index (χ0v) is 10.2. The summed E-state index contributed by atoms with van der Waals surface area (Å²) in [6, 6.07) is 7.06. The third-order valence-corrected chi connectivity index (χ3v) is 3.44. The van der Waals surface area contributed by atoms with Crippen LogP contribution in [-0.4, -0.2) is 21.2 Å². The van der Waals surface area contributed by atoms with E-state index >= 15 is 0 Å². The van der Waals surface area contributed by atoms with Crippen LogP contribution in [0.25, 0.3) is 21.5 Å². The molecule has 90 valence electrons. The van der Waals surface area contributed by atoms with Gasteiger partial charge in [0.2, 0.25) is 0 Å². The van der Waals surface area contributed by atoms with Gasteiger partial charge in [-0.2, -0.15) is 0 Å². The van der Waals surface area contributed by atoms with Crippen LogP contribution in [0, 0.1) is 6.92 Å². The monoisotopic (exact) mass is 260 g/mol. The molecule has 0 spiro atoms. The molecule has 1 N–H and O–H groups in total. The highest BCUT2D eigenvalue weighted by molar-refractivity contribution is 7.18. The molecule has 18 heavy (non-hydrogen) atoms. The van der Waals surface area contributed by atoms with Gasteiger partial charge in [0.05, 0.1) is 15.2 Å². The van der Waals surface area contributed by atoms with E-state index in [2.05, 4.69) is 10.1 Å². The predicted molar refractivity (Wildman–Crippen MR) is 66.8 cm³/mol. The van der Waals surface area contributed by atoms with Gasteiger partial charge in [-0.3, -0.25) is 0 Å². The minimum Gasteiger partial charge on any atom is -0.476 e. The van der Waals surface area contributed by atoms with Crippen LogP contribution in [0.1, 0.15) is 15.5 Å². The Labute approximate surface area is 106 Å². The van der Waals surface area contributed by atoms with Gasteiger partial charge < -0.3 is 9.63 Å². The number of hydrogen-bond acceptors (Lipinski definition) is 5. The van der Waals surface area contributed by atoms with Gasteiger partial charge >= 0.3 is 5.97 Å². The van der Waals surface area contributed by atoms with Crippen LogP contribution in [-0.2, 0) is 0 Å². The maximum Gasteiger partial charge on any atom is 0.358 e. The van der Waals surface area contributed by atoms with Gasteiger partial charge in [0, 0.05) is 11.6 Å². The summed E-state index contributed by atoms with van der Waals surface area (Å²) in [4.78, 5) is 15.1. The Bertz CT molecular complexity index is 745. The van der Waals surface area contributed by atoms with Crippen LogP contribution >= 0.6 is 11.3 Å². The smallest absolute Gasteiger partial charge is 0.358 e. The number of thiazole rings is 1. The molecule has 0 atom stereocenters. The van der Waals surface area contributed by atoms with E-state index in [9.17, 15) is 4.79 Å². The third kappa shape index (κ3) is 1.76. The number of carboxylic acid groups (broad SMARTS) is 1. The van der Waals surface area contributed by atoms with Crippen molar-refractivity contribution in [2.24, 2.45) is 0 Å². The van der Waals surface area contributed by atoms with Crippen molar-refractivity contribution in [1.29, 1.82) is 0 Å². The number of fused-ring (bicyclic) bond motifs is 1. The lowest BCUT2D eigenvalue weighted by atomic mass is 10.1. The molecule has 0 saturated carbocycles. The van der Waals surface area contributed by atoms with E-state index in [1.54, 1.807) is 11.3 Å². The first-order valence-corrected chi connectivity index (χ1v) is 6.03. The van der Waals surface area contributed by atoms with Crippen molar-refractivity contribution in [3.63, 3.8) is 0 Å². The summed E-state index contributed by atoms with van der Waals surface area (Å²) in [5.41, 5.74) is 1.64. The first kappa shape index (κ1) is 10.9. The standard InChI is InChI=1S/C12H8N2O3S/c1-6-13-8-3-2-7(4-11(8)18-6)10-5-9(12(15)16)14-17-10/h2-5H,1H3,(H,15,16). The summed E-state index contributed by atoms with van der Waals surface area (Å²) in [5, 5.41) is 13.3. The molecule has 1 aromatic carbocycles. The van der Waals surface area contributed by atoms with Crippen LogP contribution in [0.2, 0.25) is 0 Å². The number of carbonyl (C=O) groups is 1. The Morgan fingerprint density at radius 2 is 2.22 bits per heavy atom. The Balaban J connectivity index is 2.09. The van der Waals surface area contributed by atoms with E-state index in [-0.39, 0.29) is 5.69 Å². The van der Waals surface area contributed by atoms with Crippen molar-refractivity contribution in [2.45, 2.75) is 6.92 Å². The molecule has 6 heteroatoms. The van der Waals surface area contributed by atoms with E-state index in [4.69, 9.17) is 9.63 Å². The maximum atomic E-state index is 10.7. The molecule has 2 aromatic heterocycles. The molecule has 0 aliphatic heterocycles. The van der Waals surface area contributed by atoms with E-state index in [0.717, 1.165) is 20.8 Å². The molecular formula is C12H8N2O3S. The number of carboxylic acids is 1. The van der Waals surface area contributed by atoms with Crippen molar-refractivity contribution < 1.29 is 14.4 Å². The van der Waals surface area contributed by atoms with Gasteiger partial charge in [0.1, 0.15) is 0 Å². The Morgan fingerprint density at radius 1 is 1.39 bits per heavy atom. The largest absolute Gasteiger partial charge is 0.476 e. The second-order valence-electron chi connectivity index (χ2n) is 3.80. The molecule has 3 aromatic rings. The molecule has 5 nitrogen and oxygen atoms in total. The molecule has 0 fully saturated rings. The zero-order valence-electron chi connectivity index (χ0n) is 9.38. The predicted octanol–water partition coefficient (Wildman–Crippen LogP) is 2.96. The van der Waals surface area contributed by atoms with Gasteiger partial charge in [0.25, 0.3) is 0 Å². The van der Waals surface area contributed by atoms with Crippen molar-refractivity contribution in [3.8, 4) is 11.3 Å². The molecule has 0 radical (unpaired) electrons. The molecule has 0 aliphatic carbocycles. The molecule has 0 unspecified atom stereocenters. The van der Waals surface area contributed by atoms with Crippen molar-refractivity contribution in [1.82, 2.24) is 10.1 Å². The van der Waals surface area contributed by atoms with E-state index in [1.807, 2.05) is 25.1 Å². The lowest BCUT2D eigenvalue weighted by molar-refractivity contribution is 0.0686. The lowest BCUT2D eigenvalue weighted by Crippen LogP contribution is -1.94. The van der Waals surface area contributed by atoms with E-state index in [1.165, 1.54) is 6.07 Å². The Hall–Kier alpha value is -2.21. The van der Waals surface area contributed by atoms with Gasteiger partial charge in [-0.25, -0.2) is 9.78 Å². The molecular weight excluding hydrogens is 252 g/mol. The topological polar surface area (TPSA) is 76.2 Å². The number of aryl methyl sites for hydroxylation is 1. The number of aromatic carboxylic acids is 1. The number of benzene rings is 1. The minimum atomic E-state index is -1.10. The molecule has 0 bridgehead atoms. The Morgan fingerprint density at radius 3 is 2.94 bits per heavy atom. The highest BCUT2D eigenvalue weighted by Crippen LogP contribution is 2.28. The number of rotatable bonds is 2. The summed E-state index contributed by atoms with van der Waals surface area (Å²) >= 11 is 1.58. The fourth-order valence-electron chi connectivity index (χ4n) is 1.71. The fraction of sp³-hybridized carbons (Fsp3) is 0.0833. The summed E-state index contributed by atoms with van der Waals surface area (Å²) in [7, 11) is 0. The van der Waals surface area contributed by atoms with Crippen LogP contribution in [0.5, 0.6) is 0 Å². The second kappa shape index (κ2) is 3.92. The maximum absolute atomic E-state index is 10.7. The highest BCUT2D eigenvalue weighted by Gasteiger charge is 2.13. The van der Waals surface area contributed by atoms with Crippen molar-refractivity contribution in [3.05, 3.63) is 35.0 Å². The lowest BCUT2D eigenvalue weighted by Gasteiger charge is -1.94. The zero-order chi connectivity index (χ0) is 12.7. The van der Waals surface area contributed by atoms with Crippen molar-refractivity contribution in [2.75, 3.05) is 0 Å². The first-order valence-electron chi connectivity index (χ1n) is 5.21.